The maximum absolute atomic E-state index is 13.3. The molecular weight excluding hydrogens is 430 g/mol. The van der Waals surface area contributed by atoms with Gasteiger partial charge in [0, 0.05) is 10.4 Å². The lowest BCUT2D eigenvalue weighted by atomic mass is 10.0. The largest absolute Gasteiger partial charge is 0.465 e. The predicted molar refractivity (Wildman–Crippen MR) is 104 cm³/mol. The van der Waals surface area contributed by atoms with E-state index in [9.17, 15) is 18.5 Å². The molecule has 1 aliphatic rings. The Bertz CT molecular complexity index is 1010. The Morgan fingerprint density at radius 3 is 2.30 bits per heavy atom. The third-order valence-corrected chi connectivity index (χ3v) is 7.61. The van der Waals surface area contributed by atoms with Gasteiger partial charge in [-0.3, -0.25) is 4.79 Å². The van der Waals surface area contributed by atoms with Gasteiger partial charge in [0.15, 0.2) is 15.3 Å². The zero-order valence-corrected chi connectivity index (χ0v) is 17.2. The fourth-order valence-corrected chi connectivity index (χ4v) is 5.94. The maximum atomic E-state index is 13.3. The monoisotopic (exact) mass is 447 g/mol. The summed E-state index contributed by atoms with van der Waals surface area (Å²) in [6, 6.07) is 15.4. The van der Waals surface area contributed by atoms with Crippen molar-refractivity contribution in [3.8, 4) is 6.07 Å². The number of ether oxygens (including phenoxy) is 1. The third kappa shape index (κ3) is 3.17. The third-order valence-electron chi connectivity index (χ3n) is 4.84. The van der Waals surface area contributed by atoms with Gasteiger partial charge in [-0.15, -0.1) is 0 Å². The van der Waals surface area contributed by atoms with Crippen LogP contribution >= 0.6 is 15.9 Å². The number of benzene rings is 2. The number of esters is 1. The number of carbonyl (C=O) groups is 1. The number of sulfone groups is 1. The number of nitrogens with zero attached hydrogens (tertiary/aromatic N) is 1. The van der Waals surface area contributed by atoms with Gasteiger partial charge < -0.3 is 4.74 Å². The number of carbonyl (C=O) groups excluding carboxylic acids is 1. The first-order chi connectivity index (χ1) is 12.8. The molecule has 0 aromatic heterocycles. The molecule has 140 valence electrons. The minimum atomic E-state index is -3.91. The van der Waals surface area contributed by atoms with Gasteiger partial charge >= 0.3 is 5.97 Å². The number of aryl methyl sites for hydroxylation is 1. The molecule has 3 atom stereocenters. The van der Waals surface area contributed by atoms with Crippen LogP contribution < -0.4 is 0 Å². The summed E-state index contributed by atoms with van der Waals surface area (Å²) in [6.07, 6.45) is 0. The van der Waals surface area contributed by atoms with Gasteiger partial charge in [0.1, 0.15) is 5.25 Å². The molecular formula is C20H18BrNO4S. The van der Waals surface area contributed by atoms with Crippen LogP contribution in [0.1, 0.15) is 24.0 Å². The Balaban J connectivity index is 2.12. The van der Waals surface area contributed by atoms with Gasteiger partial charge in [0.2, 0.25) is 0 Å². The lowest BCUT2D eigenvalue weighted by molar-refractivity contribution is -0.147. The average Bonchev–Trinajstić information content (AvgIpc) is 3.34. The highest BCUT2D eigenvalue weighted by atomic mass is 79.9. The molecule has 0 saturated heterocycles. The minimum absolute atomic E-state index is 0.0760. The maximum Gasteiger partial charge on any atom is 0.328 e. The smallest absolute Gasteiger partial charge is 0.328 e. The van der Waals surface area contributed by atoms with E-state index in [1.165, 1.54) is 12.1 Å². The number of rotatable bonds is 5. The summed E-state index contributed by atoms with van der Waals surface area (Å²) in [5, 5.41) is 8.66. The van der Waals surface area contributed by atoms with Crippen molar-refractivity contribution in [1.29, 1.82) is 5.26 Å². The van der Waals surface area contributed by atoms with Crippen LogP contribution in [0.3, 0.4) is 0 Å². The van der Waals surface area contributed by atoms with E-state index in [-0.39, 0.29) is 11.5 Å². The number of hydrogen-bond donors (Lipinski definition) is 0. The quantitative estimate of drug-likeness (QED) is 0.651. The van der Waals surface area contributed by atoms with Crippen LogP contribution in [0.25, 0.3) is 0 Å². The van der Waals surface area contributed by atoms with E-state index in [0.29, 0.717) is 5.56 Å². The van der Waals surface area contributed by atoms with Gasteiger partial charge in [-0.1, -0.05) is 45.8 Å². The lowest BCUT2D eigenvalue weighted by Crippen LogP contribution is -2.25. The van der Waals surface area contributed by atoms with Gasteiger partial charge in [-0.2, -0.15) is 5.26 Å². The van der Waals surface area contributed by atoms with Crippen LogP contribution in [0, 0.1) is 23.7 Å². The first kappa shape index (κ1) is 19.6. The summed E-state index contributed by atoms with van der Waals surface area (Å²) in [5.74, 6) is -1.57. The first-order valence-corrected chi connectivity index (χ1v) is 10.8. The van der Waals surface area contributed by atoms with Crippen molar-refractivity contribution in [2.24, 2.45) is 5.41 Å². The van der Waals surface area contributed by atoms with Crippen LogP contribution in [0.5, 0.6) is 0 Å². The van der Waals surface area contributed by atoms with Crippen molar-refractivity contribution in [3.63, 3.8) is 0 Å². The van der Waals surface area contributed by atoms with Crippen LogP contribution in [-0.4, -0.2) is 26.2 Å². The summed E-state index contributed by atoms with van der Waals surface area (Å²) in [5.41, 5.74) is -0.201. The van der Waals surface area contributed by atoms with Crippen molar-refractivity contribution in [3.05, 3.63) is 64.1 Å². The summed E-state index contributed by atoms with van der Waals surface area (Å²) in [7, 11) is -3.91. The van der Waals surface area contributed by atoms with E-state index in [1.807, 2.05) is 13.0 Å². The number of hydrogen-bond acceptors (Lipinski definition) is 5. The highest BCUT2D eigenvalue weighted by Gasteiger charge is 2.77. The van der Waals surface area contributed by atoms with E-state index in [0.717, 1.165) is 10.0 Å². The fraction of sp³-hybridized carbons (Fsp3) is 0.300. The van der Waals surface area contributed by atoms with E-state index in [1.54, 1.807) is 43.3 Å². The molecule has 1 fully saturated rings. The average molecular weight is 448 g/mol. The molecule has 2 aromatic rings. The highest BCUT2D eigenvalue weighted by Crippen LogP contribution is 2.64. The van der Waals surface area contributed by atoms with Gasteiger partial charge in [-0.25, -0.2) is 8.42 Å². The van der Waals surface area contributed by atoms with Crippen LogP contribution in [-0.2, 0) is 19.4 Å². The molecule has 7 heteroatoms. The van der Waals surface area contributed by atoms with E-state index in [2.05, 4.69) is 15.9 Å². The summed E-state index contributed by atoms with van der Waals surface area (Å²) in [4.78, 5) is 12.7. The molecule has 0 unspecified atom stereocenters. The first-order valence-electron chi connectivity index (χ1n) is 8.43. The molecule has 0 heterocycles. The van der Waals surface area contributed by atoms with Crippen LogP contribution in [0.2, 0.25) is 0 Å². The minimum Gasteiger partial charge on any atom is -0.465 e. The normalized spacial score (nSPS) is 24.1. The zero-order chi connectivity index (χ0) is 19.8. The van der Waals surface area contributed by atoms with Crippen molar-refractivity contribution in [1.82, 2.24) is 0 Å². The van der Waals surface area contributed by atoms with Crippen molar-refractivity contribution >= 4 is 31.7 Å². The Morgan fingerprint density at radius 1 is 1.19 bits per heavy atom. The number of nitriles is 1. The molecule has 0 N–H and O–H groups in total. The molecule has 0 radical (unpaired) electrons. The second-order valence-electron chi connectivity index (χ2n) is 6.51. The Labute approximate surface area is 167 Å². The molecule has 0 amide bonds. The Kier molecular flexibility index (Phi) is 5.15. The summed E-state index contributed by atoms with van der Waals surface area (Å²) in [6.45, 7) is 3.56. The highest BCUT2D eigenvalue weighted by molar-refractivity contribution is 9.10. The van der Waals surface area contributed by atoms with Crippen molar-refractivity contribution in [2.75, 3.05) is 6.61 Å². The molecule has 1 aliphatic carbocycles. The molecule has 2 aromatic carbocycles. The molecule has 27 heavy (non-hydrogen) atoms. The molecule has 0 aliphatic heterocycles. The van der Waals surface area contributed by atoms with Crippen molar-refractivity contribution in [2.45, 2.75) is 29.9 Å². The zero-order valence-electron chi connectivity index (χ0n) is 14.8. The van der Waals surface area contributed by atoms with E-state index >= 15 is 0 Å². The SMILES string of the molecule is CCOC(=O)[C@@]1(C#N)[C@H](S(=O)(=O)c2ccc(C)cc2)[C@@H]1c1ccc(Br)cc1. The number of halogens is 1. The lowest BCUT2D eigenvalue weighted by Gasteiger charge is -2.09. The Morgan fingerprint density at radius 2 is 1.78 bits per heavy atom. The van der Waals surface area contributed by atoms with Gasteiger partial charge in [0.25, 0.3) is 0 Å². The molecule has 5 nitrogen and oxygen atoms in total. The predicted octanol–water partition coefficient (Wildman–Crippen LogP) is 3.77. The van der Waals surface area contributed by atoms with Crippen molar-refractivity contribution < 1.29 is 17.9 Å². The second kappa shape index (κ2) is 7.10. The van der Waals surface area contributed by atoms with Gasteiger partial charge in [0.05, 0.1) is 17.6 Å². The fourth-order valence-electron chi connectivity index (χ4n) is 3.43. The van der Waals surface area contributed by atoms with Crippen LogP contribution in [0.15, 0.2) is 57.9 Å². The molecule has 0 bridgehead atoms. The molecule has 1 saturated carbocycles. The van der Waals surface area contributed by atoms with Crippen LogP contribution in [0.4, 0.5) is 0 Å². The van der Waals surface area contributed by atoms with Gasteiger partial charge in [-0.05, 0) is 43.7 Å². The second-order valence-corrected chi connectivity index (χ2v) is 9.49. The Hall–Kier alpha value is -2.17. The summed E-state index contributed by atoms with van der Waals surface area (Å²) >= 11 is 3.34. The molecule has 3 rings (SSSR count). The topological polar surface area (TPSA) is 84.2 Å². The summed E-state index contributed by atoms with van der Waals surface area (Å²) < 4.78 is 32.4. The molecule has 0 spiro atoms. The van der Waals surface area contributed by atoms with E-state index in [4.69, 9.17) is 4.74 Å². The standard InChI is InChI=1S/C20H18BrNO4S/c1-3-26-19(23)20(12-22)17(14-6-8-15(21)9-7-14)18(20)27(24,25)16-10-4-13(2)5-11-16/h4-11,17-18H,3H2,1-2H3/t17-,18+,20+/m0/s1. The van der Waals surface area contributed by atoms with E-state index < -0.39 is 32.4 Å².